The van der Waals surface area contributed by atoms with Gasteiger partial charge in [-0.3, -0.25) is 0 Å². The van der Waals surface area contributed by atoms with Gasteiger partial charge in [0, 0.05) is 31.9 Å². The van der Waals surface area contributed by atoms with Gasteiger partial charge in [0.25, 0.3) is 0 Å². The van der Waals surface area contributed by atoms with Gasteiger partial charge in [-0.15, -0.1) is 0 Å². The summed E-state index contributed by atoms with van der Waals surface area (Å²) < 4.78 is 11.3. The van der Waals surface area contributed by atoms with E-state index in [1.165, 1.54) is 24.0 Å². The van der Waals surface area contributed by atoms with E-state index in [4.69, 9.17) is 9.47 Å². The molecule has 0 radical (unpaired) electrons. The number of aryl methyl sites for hydroxylation is 1. The molecule has 7 heteroatoms. The van der Waals surface area contributed by atoms with E-state index < -0.39 is 5.60 Å². The second kappa shape index (κ2) is 11.0. The fraction of sp³-hybridized carbons (Fsp3) is 0.500. The molecule has 2 aliphatic rings. The predicted octanol–water partition coefficient (Wildman–Crippen LogP) is 5.66. The summed E-state index contributed by atoms with van der Waals surface area (Å²) in [6, 6.07) is 16.3. The lowest BCUT2D eigenvalue weighted by Gasteiger charge is -2.35. The number of anilines is 1. The van der Waals surface area contributed by atoms with E-state index in [-0.39, 0.29) is 12.1 Å². The van der Waals surface area contributed by atoms with Gasteiger partial charge < -0.3 is 24.6 Å². The van der Waals surface area contributed by atoms with Gasteiger partial charge in [-0.1, -0.05) is 24.3 Å². The molecular weight excluding hydrogens is 442 g/mol. The summed E-state index contributed by atoms with van der Waals surface area (Å²) in [6.45, 7) is 8.11. The number of urea groups is 1. The molecule has 2 fully saturated rings. The van der Waals surface area contributed by atoms with Crippen molar-refractivity contribution in [2.24, 2.45) is 0 Å². The zero-order valence-corrected chi connectivity index (χ0v) is 21.1. The molecule has 4 rings (SSSR count). The second-order valence-electron chi connectivity index (χ2n) is 10.4. The highest BCUT2D eigenvalue weighted by Gasteiger charge is 2.27. The van der Waals surface area contributed by atoms with Crippen molar-refractivity contribution in [1.29, 1.82) is 0 Å². The van der Waals surface area contributed by atoms with Crippen molar-refractivity contribution in [3.05, 3.63) is 59.7 Å². The monoisotopic (exact) mass is 479 g/mol. The standard InChI is InChI=1S/C28H37N3O4/c1-28(2,3)35-27(33)31-18-16-30(17-19-31)26(32)29-24-12-6-21(7-13-24)5-4-20-34-25-14-10-23(11-15-25)22-8-9-22/h6-7,10-15,22H,4-5,8-9,16-20H2,1-3H3,(H,29,32). The van der Waals surface area contributed by atoms with E-state index >= 15 is 0 Å². The van der Waals surface area contributed by atoms with Crippen LogP contribution in [-0.4, -0.2) is 60.3 Å². The molecule has 2 aromatic rings. The summed E-state index contributed by atoms with van der Waals surface area (Å²) in [7, 11) is 0. The number of rotatable bonds is 7. The van der Waals surface area contributed by atoms with Crippen molar-refractivity contribution in [3.8, 4) is 5.75 Å². The average Bonchev–Trinajstić information content (AvgIpc) is 3.68. The van der Waals surface area contributed by atoms with Crippen LogP contribution in [0.3, 0.4) is 0 Å². The molecule has 3 amide bonds. The molecule has 1 N–H and O–H groups in total. The Labute approximate surface area is 208 Å². The van der Waals surface area contributed by atoms with Gasteiger partial charge in [0.05, 0.1) is 6.61 Å². The third-order valence-electron chi connectivity index (χ3n) is 6.23. The molecule has 0 aromatic heterocycles. The van der Waals surface area contributed by atoms with E-state index in [0.717, 1.165) is 30.2 Å². The van der Waals surface area contributed by atoms with Crippen molar-refractivity contribution in [1.82, 2.24) is 9.80 Å². The van der Waals surface area contributed by atoms with Crippen LogP contribution in [0, 0.1) is 0 Å². The third kappa shape index (κ3) is 7.64. The maximum atomic E-state index is 12.6. The van der Waals surface area contributed by atoms with Crippen LogP contribution in [0.2, 0.25) is 0 Å². The Kier molecular flexibility index (Phi) is 7.83. The smallest absolute Gasteiger partial charge is 0.410 e. The summed E-state index contributed by atoms with van der Waals surface area (Å²) >= 11 is 0. The Morgan fingerprint density at radius 3 is 2.14 bits per heavy atom. The zero-order chi connectivity index (χ0) is 24.8. The minimum absolute atomic E-state index is 0.150. The summed E-state index contributed by atoms with van der Waals surface area (Å²) in [6.07, 6.45) is 4.15. The molecular formula is C28H37N3O4. The van der Waals surface area contributed by atoms with E-state index in [2.05, 4.69) is 29.6 Å². The van der Waals surface area contributed by atoms with Gasteiger partial charge in [-0.25, -0.2) is 9.59 Å². The van der Waals surface area contributed by atoms with Crippen molar-refractivity contribution in [2.75, 3.05) is 38.1 Å². The maximum Gasteiger partial charge on any atom is 0.410 e. The Balaban J connectivity index is 1.14. The molecule has 0 unspecified atom stereocenters. The Bertz CT molecular complexity index is 986. The van der Waals surface area contributed by atoms with Crippen LogP contribution in [0.4, 0.5) is 15.3 Å². The van der Waals surface area contributed by atoms with Gasteiger partial charge >= 0.3 is 12.1 Å². The highest BCUT2D eigenvalue weighted by atomic mass is 16.6. The van der Waals surface area contributed by atoms with E-state index in [1.54, 1.807) is 9.80 Å². The van der Waals surface area contributed by atoms with Gasteiger partial charge in [0.1, 0.15) is 11.4 Å². The molecule has 1 saturated heterocycles. The molecule has 35 heavy (non-hydrogen) atoms. The van der Waals surface area contributed by atoms with Crippen LogP contribution in [0.5, 0.6) is 5.75 Å². The number of piperazine rings is 1. The molecule has 1 heterocycles. The van der Waals surface area contributed by atoms with E-state index in [9.17, 15) is 9.59 Å². The Hall–Kier alpha value is -3.22. The maximum absolute atomic E-state index is 12.6. The topological polar surface area (TPSA) is 71.1 Å². The first-order chi connectivity index (χ1) is 16.8. The van der Waals surface area contributed by atoms with Crippen LogP contribution < -0.4 is 10.1 Å². The van der Waals surface area contributed by atoms with Gasteiger partial charge in [-0.2, -0.15) is 0 Å². The largest absolute Gasteiger partial charge is 0.494 e. The lowest BCUT2D eigenvalue weighted by Crippen LogP contribution is -2.52. The summed E-state index contributed by atoms with van der Waals surface area (Å²) in [5, 5.41) is 2.95. The fourth-order valence-corrected chi connectivity index (χ4v) is 4.10. The van der Waals surface area contributed by atoms with Gasteiger partial charge in [0.2, 0.25) is 0 Å². The minimum Gasteiger partial charge on any atom is -0.494 e. The highest BCUT2D eigenvalue weighted by molar-refractivity contribution is 5.89. The Morgan fingerprint density at radius 1 is 0.914 bits per heavy atom. The van der Waals surface area contributed by atoms with Crippen molar-refractivity contribution < 1.29 is 19.1 Å². The lowest BCUT2D eigenvalue weighted by atomic mass is 10.1. The second-order valence-corrected chi connectivity index (χ2v) is 10.4. The number of benzene rings is 2. The average molecular weight is 480 g/mol. The van der Waals surface area contributed by atoms with Crippen molar-refractivity contribution in [2.45, 2.75) is 58.0 Å². The van der Waals surface area contributed by atoms with E-state index in [1.807, 2.05) is 45.0 Å². The van der Waals surface area contributed by atoms with Crippen LogP contribution in [0.1, 0.15) is 57.1 Å². The lowest BCUT2D eigenvalue weighted by molar-refractivity contribution is 0.0174. The number of carbonyl (C=O) groups excluding carboxylic acids is 2. The summed E-state index contributed by atoms with van der Waals surface area (Å²) in [5.41, 5.74) is 2.88. The predicted molar refractivity (Wildman–Crippen MR) is 137 cm³/mol. The summed E-state index contributed by atoms with van der Waals surface area (Å²) in [4.78, 5) is 28.2. The number of hydrogen-bond acceptors (Lipinski definition) is 4. The number of carbonyl (C=O) groups is 2. The Morgan fingerprint density at radius 2 is 1.54 bits per heavy atom. The van der Waals surface area contributed by atoms with Crippen LogP contribution in [-0.2, 0) is 11.2 Å². The first kappa shape index (κ1) is 24.9. The van der Waals surface area contributed by atoms with Crippen LogP contribution >= 0.6 is 0 Å². The first-order valence-corrected chi connectivity index (χ1v) is 12.6. The highest BCUT2D eigenvalue weighted by Crippen LogP contribution is 2.40. The number of nitrogens with zero attached hydrogens (tertiary/aromatic N) is 2. The minimum atomic E-state index is -0.522. The first-order valence-electron chi connectivity index (χ1n) is 12.6. The SMILES string of the molecule is CC(C)(C)OC(=O)N1CCN(C(=O)Nc2ccc(CCCOc3ccc(C4CC4)cc3)cc2)CC1. The molecule has 0 atom stereocenters. The fourth-order valence-electron chi connectivity index (χ4n) is 4.10. The van der Waals surface area contributed by atoms with Gasteiger partial charge in [0.15, 0.2) is 0 Å². The van der Waals surface area contributed by atoms with Crippen LogP contribution in [0.25, 0.3) is 0 Å². The zero-order valence-electron chi connectivity index (χ0n) is 21.1. The molecule has 0 bridgehead atoms. The normalized spacial score (nSPS) is 16.1. The molecule has 1 aliphatic heterocycles. The molecule has 2 aromatic carbocycles. The molecule has 1 aliphatic carbocycles. The molecule has 0 spiro atoms. The number of ether oxygens (including phenoxy) is 2. The molecule has 1 saturated carbocycles. The van der Waals surface area contributed by atoms with Crippen LogP contribution in [0.15, 0.2) is 48.5 Å². The molecule has 7 nitrogen and oxygen atoms in total. The van der Waals surface area contributed by atoms with E-state index in [0.29, 0.717) is 32.8 Å². The quantitative estimate of drug-likeness (QED) is 0.520. The third-order valence-corrected chi connectivity index (χ3v) is 6.23. The van der Waals surface area contributed by atoms with Crippen molar-refractivity contribution in [3.63, 3.8) is 0 Å². The molecule has 188 valence electrons. The van der Waals surface area contributed by atoms with Crippen molar-refractivity contribution >= 4 is 17.8 Å². The number of nitrogens with one attached hydrogen (secondary N) is 1. The number of amides is 3. The van der Waals surface area contributed by atoms with Gasteiger partial charge in [-0.05, 0) is 87.8 Å². The summed E-state index contributed by atoms with van der Waals surface area (Å²) in [5.74, 6) is 1.70. The number of hydrogen-bond donors (Lipinski definition) is 1.